The number of nitrogens with zero attached hydrogens (tertiary/aromatic N) is 2. The van der Waals surface area contributed by atoms with Crippen molar-refractivity contribution in [1.82, 2.24) is 9.88 Å². The van der Waals surface area contributed by atoms with Crippen molar-refractivity contribution in [3.05, 3.63) is 23.9 Å². The minimum absolute atomic E-state index is 0.305. The van der Waals surface area contributed by atoms with Crippen molar-refractivity contribution in [3.8, 4) is 0 Å². The summed E-state index contributed by atoms with van der Waals surface area (Å²) in [6.45, 7) is 5.43. The largest absolute Gasteiger partial charge is 0.396 e. The number of aliphatic hydroxyl groups excluding tert-OH is 1. The van der Waals surface area contributed by atoms with Crippen LogP contribution in [-0.2, 0) is 6.54 Å². The summed E-state index contributed by atoms with van der Waals surface area (Å²) in [6, 6.07) is 4.79. The molecule has 1 aromatic heterocycles. The number of rotatable bonds is 7. The van der Waals surface area contributed by atoms with Gasteiger partial charge in [0.05, 0.1) is 0 Å². The van der Waals surface area contributed by atoms with Crippen molar-refractivity contribution in [1.29, 1.82) is 0 Å². The molecule has 0 saturated carbocycles. The Bertz CT molecular complexity index is 383. The molecule has 0 bridgehead atoms. The van der Waals surface area contributed by atoms with Crippen molar-refractivity contribution in [2.75, 3.05) is 25.0 Å². The van der Waals surface area contributed by atoms with E-state index >= 15 is 0 Å². The molecule has 4 nitrogen and oxygen atoms in total. The molecule has 1 atom stereocenters. The maximum atomic E-state index is 8.98. The molecule has 1 aromatic rings. The van der Waals surface area contributed by atoms with Crippen LogP contribution < -0.4 is 5.32 Å². The molecule has 4 heteroatoms. The molecule has 0 spiro atoms. The number of pyridine rings is 1. The summed E-state index contributed by atoms with van der Waals surface area (Å²) in [4.78, 5) is 6.96. The van der Waals surface area contributed by atoms with Crippen LogP contribution in [0.25, 0.3) is 0 Å². The molecule has 2 heterocycles. The lowest BCUT2D eigenvalue weighted by Gasteiger charge is -2.25. The molecule has 2 N–H and O–H groups in total. The average Bonchev–Trinajstić information content (AvgIpc) is 2.86. The van der Waals surface area contributed by atoms with Gasteiger partial charge in [-0.25, -0.2) is 4.98 Å². The standard InChI is InChI=1S/C15H25N3O/c1-2-16-15-13(6-3-9-17-15)12-18-10-4-7-14(18)8-5-11-19/h3,6,9,14,19H,2,4-5,7-8,10-12H2,1H3,(H,16,17). The maximum absolute atomic E-state index is 8.98. The lowest BCUT2D eigenvalue weighted by atomic mass is 10.1. The van der Waals surface area contributed by atoms with E-state index in [2.05, 4.69) is 28.2 Å². The van der Waals surface area contributed by atoms with Gasteiger partial charge < -0.3 is 10.4 Å². The SMILES string of the molecule is CCNc1ncccc1CN1CCCC1CCCO. The van der Waals surface area contributed by atoms with Crippen molar-refractivity contribution in [2.45, 2.75) is 45.2 Å². The predicted octanol–water partition coefficient (Wildman–Crippen LogP) is 2.25. The van der Waals surface area contributed by atoms with Crippen LogP contribution in [-0.4, -0.2) is 40.7 Å². The topological polar surface area (TPSA) is 48.4 Å². The minimum Gasteiger partial charge on any atom is -0.396 e. The molecule has 19 heavy (non-hydrogen) atoms. The van der Waals surface area contributed by atoms with Gasteiger partial charge in [0.2, 0.25) is 0 Å². The molecule has 1 aliphatic rings. The number of aromatic nitrogens is 1. The van der Waals surface area contributed by atoms with Gasteiger partial charge in [-0.3, -0.25) is 4.90 Å². The van der Waals surface area contributed by atoms with Crippen molar-refractivity contribution in [3.63, 3.8) is 0 Å². The Balaban J connectivity index is 1.99. The Morgan fingerprint density at radius 2 is 2.42 bits per heavy atom. The summed E-state index contributed by atoms with van der Waals surface area (Å²) >= 11 is 0. The van der Waals surface area contributed by atoms with E-state index < -0.39 is 0 Å². The summed E-state index contributed by atoms with van der Waals surface area (Å²) in [5.41, 5.74) is 1.28. The van der Waals surface area contributed by atoms with Gasteiger partial charge in [0.15, 0.2) is 0 Å². The molecule has 0 radical (unpaired) electrons. The lowest BCUT2D eigenvalue weighted by molar-refractivity contribution is 0.210. The number of anilines is 1. The second-order valence-corrected chi connectivity index (χ2v) is 5.17. The summed E-state index contributed by atoms with van der Waals surface area (Å²) in [7, 11) is 0. The van der Waals surface area contributed by atoms with E-state index in [1.54, 1.807) is 0 Å². The van der Waals surface area contributed by atoms with Crippen molar-refractivity contribution in [2.24, 2.45) is 0 Å². The van der Waals surface area contributed by atoms with E-state index in [9.17, 15) is 0 Å². The van der Waals surface area contributed by atoms with Gasteiger partial charge in [0.1, 0.15) is 5.82 Å². The van der Waals surface area contributed by atoms with Gasteiger partial charge >= 0.3 is 0 Å². The van der Waals surface area contributed by atoms with Crippen molar-refractivity contribution < 1.29 is 5.11 Å². The number of likely N-dealkylation sites (tertiary alicyclic amines) is 1. The number of hydrogen-bond acceptors (Lipinski definition) is 4. The highest BCUT2D eigenvalue weighted by Crippen LogP contribution is 2.25. The van der Waals surface area contributed by atoms with Gasteiger partial charge in [-0.15, -0.1) is 0 Å². The Morgan fingerprint density at radius 3 is 3.21 bits per heavy atom. The van der Waals surface area contributed by atoms with Crippen LogP contribution in [0.15, 0.2) is 18.3 Å². The van der Waals surface area contributed by atoms with E-state index in [0.717, 1.165) is 38.3 Å². The summed E-state index contributed by atoms with van der Waals surface area (Å²) in [5.74, 6) is 1.01. The van der Waals surface area contributed by atoms with Gasteiger partial charge in [0, 0.05) is 37.5 Å². The first kappa shape index (κ1) is 14.3. The molecule has 1 saturated heterocycles. The van der Waals surface area contributed by atoms with Gasteiger partial charge in [0.25, 0.3) is 0 Å². The molecule has 1 fully saturated rings. The van der Waals surface area contributed by atoms with E-state index in [1.165, 1.54) is 18.4 Å². The fourth-order valence-corrected chi connectivity index (χ4v) is 2.87. The molecule has 0 amide bonds. The second-order valence-electron chi connectivity index (χ2n) is 5.17. The smallest absolute Gasteiger partial charge is 0.130 e. The molecule has 1 unspecified atom stereocenters. The zero-order chi connectivity index (χ0) is 13.5. The van der Waals surface area contributed by atoms with E-state index in [1.807, 2.05) is 12.3 Å². The van der Waals surface area contributed by atoms with Crippen LogP contribution >= 0.6 is 0 Å². The Kier molecular flexibility index (Phi) is 5.61. The minimum atomic E-state index is 0.305. The van der Waals surface area contributed by atoms with Crippen molar-refractivity contribution >= 4 is 5.82 Å². The van der Waals surface area contributed by atoms with Crippen LogP contribution in [0, 0.1) is 0 Å². The Morgan fingerprint density at radius 1 is 1.53 bits per heavy atom. The zero-order valence-electron chi connectivity index (χ0n) is 11.8. The Labute approximate surface area is 115 Å². The molecule has 0 aliphatic carbocycles. The first-order valence-electron chi connectivity index (χ1n) is 7.37. The normalized spacial score (nSPS) is 19.8. The lowest BCUT2D eigenvalue weighted by Crippen LogP contribution is -2.29. The van der Waals surface area contributed by atoms with E-state index in [0.29, 0.717) is 12.6 Å². The average molecular weight is 263 g/mol. The molecule has 1 aliphatic heterocycles. The monoisotopic (exact) mass is 263 g/mol. The highest BCUT2D eigenvalue weighted by molar-refractivity contribution is 5.43. The Hall–Kier alpha value is -1.13. The highest BCUT2D eigenvalue weighted by atomic mass is 16.2. The molecule has 106 valence electrons. The summed E-state index contributed by atoms with van der Waals surface area (Å²) in [5, 5.41) is 12.3. The van der Waals surface area contributed by atoms with Gasteiger partial charge in [-0.1, -0.05) is 6.07 Å². The fourth-order valence-electron chi connectivity index (χ4n) is 2.87. The second kappa shape index (κ2) is 7.46. The van der Waals surface area contributed by atoms with E-state index in [-0.39, 0.29) is 0 Å². The third-order valence-corrected chi connectivity index (χ3v) is 3.80. The highest BCUT2D eigenvalue weighted by Gasteiger charge is 2.24. The van der Waals surface area contributed by atoms with Crippen LogP contribution in [0.3, 0.4) is 0 Å². The quantitative estimate of drug-likeness (QED) is 0.792. The molecule has 2 rings (SSSR count). The summed E-state index contributed by atoms with van der Waals surface area (Å²) in [6.07, 6.45) is 6.39. The van der Waals surface area contributed by atoms with Crippen LogP contribution in [0.4, 0.5) is 5.82 Å². The van der Waals surface area contributed by atoms with Crippen LogP contribution in [0.1, 0.15) is 38.2 Å². The molecule has 0 aromatic carbocycles. The van der Waals surface area contributed by atoms with Crippen LogP contribution in [0.2, 0.25) is 0 Å². The third-order valence-electron chi connectivity index (χ3n) is 3.80. The van der Waals surface area contributed by atoms with Gasteiger partial charge in [-0.2, -0.15) is 0 Å². The zero-order valence-corrected chi connectivity index (χ0v) is 11.8. The molecular weight excluding hydrogens is 238 g/mol. The predicted molar refractivity (Wildman–Crippen MR) is 78.2 cm³/mol. The maximum Gasteiger partial charge on any atom is 0.130 e. The summed E-state index contributed by atoms with van der Waals surface area (Å²) < 4.78 is 0. The fraction of sp³-hybridized carbons (Fsp3) is 0.667. The van der Waals surface area contributed by atoms with Crippen LogP contribution in [0.5, 0.6) is 0 Å². The van der Waals surface area contributed by atoms with Gasteiger partial charge in [-0.05, 0) is 45.2 Å². The first-order valence-corrected chi connectivity index (χ1v) is 7.37. The first-order chi connectivity index (χ1) is 9.35. The number of aliphatic hydroxyl groups is 1. The number of nitrogens with one attached hydrogen (secondary N) is 1. The van der Waals surface area contributed by atoms with E-state index in [4.69, 9.17) is 5.11 Å². The third kappa shape index (κ3) is 3.91. The molecular formula is C15H25N3O. The number of hydrogen-bond donors (Lipinski definition) is 2.